The first-order valence-corrected chi connectivity index (χ1v) is 26.4. The number of hydrogen-bond acceptors (Lipinski definition) is 9. The fraction of sp³-hybridized carbons (Fsp3) is 0.426. The Morgan fingerprint density at radius 1 is 0.833 bits per heavy atom. The van der Waals surface area contributed by atoms with Crippen LogP contribution in [-0.2, 0) is 34.1 Å². The van der Waals surface area contributed by atoms with Crippen LogP contribution in [-0.4, -0.2) is 64.5 Å². The molecule has 4 aliphatic rings. The summed E-state index contributed by atoms with van der Waals surface area (Å²) in [4.78, 5) is 37.5. The van der Waals surface area contributed by atoms with Gasteiger partial charge in [-0.2, -0.15) is 0 Å². The molecule has 0 aromatic heterocycles. The number of carbonyl (C=O) groups is 2. The van der Waals surface area contributed by atoms with Gasteiger partial charge >= 0.3 is 6.09 Å². The third-order valence-electron chi connectivity index (χ3n) is 15.5. The topological polar surface area (TPSA) is 139 Å². The Kier molecular flexibility index (Phi) is 17.2. The van der Waals surface area contributed by atoms with Crippen molar-refractivity contribution in [3.63, 3.8) is 0 Å². The minimum atomic E-state index is -1.44. The van der Waals surface area contributed by atoms with Gasteiger partial charge < -0.3 is 39.5 Å². The molecule has 11 nitrogen and oxygen atoms in total. The van der Waals surface area contributed by atoms with E-state index in [0.717, 1.165) is 89.3 Å². The van der Waals surface area contributed by atoms with E-state index in [1.165, 1.54) is 12.8 Å². The zero-order valence-electron chi connectivity index (χ0n) is 41.5. The Bertz CT molecular complexity index is 2660. The lowest BCUT2D eigenvalue weighted by Gasteiger charge is -2.60. The van der Waals surface area contributed by atoms with Crippen LogP contribution in [0.2, 0.25) is 0 Å². The lowest BCUT2D eigenvalue weighted by molar-refractivity contribution is -0.258. The van der Waals surface area contributed by atoms with Gasteiger partial charge in [0.25, 0.3) is 0 Å². The maximum atomic E-state index is 15.6. The second kappa shape index (κ2) is 24.4. The van der Waals surface area contributed by atoms with E-state index in [4.69, 9.17) is 24.2 Å². The number of rotatable bonds is 23. The van der Waals surface area contributed by atoms with Crippen molar-refractivity contribution >= 4 is 28.5 Å². The van der Waals surface area contributed by atoms with Gasteiger partial charge in [0.1, 0.15) is 24.1 Å². The molecule has 5 aromatic carbocycles. The van der Waals surface area contributed by atoms with Crippen molar-refractivity contribution in [3.05, 3.63) is 168 Å². The molecule has 2 saturated carbocycles. The number of amides is 2. The first kappa shape index (κ1) is 50.7. The van der Waals surface area contributed by atoms with Gasteiger partial charge in [-0.1, -0.05) is 159 Å². The van der Waals surface area contributed by atoms with Gasteiger partial charge in [-0.25, -0.2) is 4.79 Å². The number of nitrogens with zero attached hydrogens (tertiary/aromatic N) is 2. The van der Waals surface area contributed by atoms with E-state index in [2.05, 4.69) is 48.3 Å². The number of hydrogen-bond donors (Lipinski definition) is 3. The summed E-state index contributed by atoms with van der Waals surface area (Å²) in [6.07, 6.45) is 14.1. The fourth-order valence-electron chi connectivity index (χ4n) is 12.1. The van der Waals surface area contributed by atoms with Crippen LogP contribution in [0.1, 0.15) is 112 Å². The standard InChI is InChI=1S/C61H71N3O8/c1-2-36-69-61-56(64(57(67)33-30-43-18-9-10-19-43)41-48-27-17-26-46-24-11-12-28-50(46)48)39-54(63-70-42-45-22-7-4-8-23-45)52-37-47(25-13-15-34-65)51(29-14-16-35-66)58(59(52)61)53-38-49(31-32-55(53)72-61)71-60(68)62-40-44-20-5-3-6-21-44/h2-8,11-12,17,20-24,26-28,31-32,37-38,43,47,51,56,58-59,65-66H,1,9-10,13-16,18-19,25,29-30,33-36,39-42H2,(H,62,68)/t47-,51+,56-,58+,59+,61+/m0/s1. The van der Waals surface area contributed by atoms with Gasteiger partial charge in [-0.3, -0.25) is 4.79 Å². The van der Waals surface area contributed by atoms with Gasteiger partial charge in [-0.05, 0) is 101 Å². The molecule has 0 bridgehead atoms. The first-order valence-electron chi connectivity index (χ1n) is 26.4. The minimum Gasteiger partial charge on any atom is -0.459 e. The van der Waals surface area contributed by atoms with Gasteiger partial charge in [0.05, 0.1) is 18.2 Å². The van der Waals surface area contributed by atoms with Crippen LogP contribution in [0.4, 0.5) is 4.79 Å². The maximum Gasteiger partial charge on any atom is 0.412 e. The highest BCUT2D eigenvalue weighted by Crippen LogP contribution is 2.62. The lowest BCUT2D eigenvalue weighted by Crippen LogP contribution is -2.70. The number of unbranched alkanes of at least 4 members (excludes halogenated alkanes) is 2. The normalized spacial score (nSPS) is 22.8. The first-order chi connectivity index (χ1) is 35.4. The van der Waals surface area contributed by atoms with Crippen LogP contribution in [0.25, 0.3) is 10.8 Å². The van der Waals surface area contributed by atoms with E-state index in [9.17, 15) is 15.0 Å². The van der Waals surface area contributed by atoms with Crippen molar-refractivity contribution in [2.75, 3.05) is 19.8 Å². The number of oxime groups is 1. The van der Waals surface area contributed by atoms with Crippen LogP contribution >= 0.6 is 0 Å². The Morgan fingerprint density at radius 3 is 2.32 bits per heavy atom. The molecule has 11 heteroatoms. The Morgan fingerprint density at radius 2 is 1.56 bits per heavy atom. The molecule has 9 rings (SSSR count). The van der Waals surface area contributed by atoms with Gasteiger partial charge in [-0.15, -0.1) is 6.58 Å². The Balaban J connectivity index is 1.21. The summed E-state index contributed by atoms with van der Waals surface area (Å²) in [6.45, 7) is 5.33. The van der Waals surface area contributed by atoms with Crippen molar-refractivity contribution in [1.29, 1.82) is 0 Å². The number of carbonyl (C=O) groups excluding carboxylic acids is 2. The van der Waals surface area contributed by atoms with Crippen molar-refractivity contribution in [2.45, 2.75) is 121 Å². The number of fused-ring (bicyclic) bond motifs is 3. The molecule has 5 aromatic rings. The van der Waals surface area contributed by atoms with Gasteiger partial charge in [0, 0.05) is 50.6 Å². The molecule has 0 saturated heterocycles. The molecule has 0 radical (unpaired) electrons. The van der Waals surface area contributed by atoms with Crippen molar-refractivity contribution < 1.29 is 38.9 Å². The highest BCUT2D eigenvalue weighted by Gasteiger charge is 2.65. The van der Waals surface area contributed by atoms with E-state index >= 15 is 4.79 Å². The number of benzene rings is 5. The van der Waals surface area contributed by atoms with Crippen LogP contribution < -0.4 is 14.8 Å². The molecule has 3 aliphatic carbocycles. The number of allylic oxidation sites excluding steroid dienone is 1. The van der Waals surface area contributed by atoms with Gasteiger partial charge in [0.15, 0.2) is 0 Å². The molecule has 1 heterocycles. The smallest absolute Gasteiger partial charge is 0.412 e. The molecular formula is C61H71N3O8. The molecule has 72 heavy (non-hydrogen) atoms. The number of aliphatic hydroxyl groups is 2. The molecule has 2 amide bonds. The number of nitrogens with one attached hydrogen (secondary N) is 1. The zero-order valence-corrected chi connectivity index (χ0v) is 41.5. The Labute approximate surface area is 424 Å². The van der Waals surface area contributed by atoms with Crippen LogP contribution in [0.5, 0.6) is 11.5 Å². The molecule has 0 spiro atoms. The molecule has 2 fully saturated rings. The van der Waals surface area contributed by atoms with E-state index < -0.39 is 23.8 Å². The summed E-state index contributed by atoms with van der Waals surface area (Å²) in [7, 11) is 0. The summed E-state index contributed by atoms with van der Waals surface area (Å²) in [5, 5.41) is 30.4. The van der Waals surface area contributed by atoms with Crippen LogP contribution in [0.3, 0.4) is 0 Å². The predicted molar refractivity (Wildman–Crippen MR) is 281 cm³/mol. The van der Waals surface area contributed by atoms with Crippen molar-refractivity contribution in [2.24, 2.45) is 28.8 Å². The molecule has 6 atom stereocenters. The zero-order chi connectivity index (χ0) is 49.7. The van der Waals surface area contributed by atoms with Crippen LogP contribution in [0.15, 0.2) is 151 Å². The maximum absolute atomic E-state index is 15.6. The van der Waals surface area contributed by atoms with Gasteiger partial charge in [0.2, 0.25) is 11.7 Å². The molecule has 0 unspecified atom stereocenters. The molecule has 3 N–H and O–H groups in total. The quantitative estimate of drug-likeness (QED) is 0.0334. The molecule has 378 valence electrons. The summed E-state index contributed by atoms with van der Waals surface area (Å²) in [5.41, 5.74) is 5.51. The average Bonchev–Trinajstić information content (AvgIpc) is 3.94. The second-order valence-electron chi connectivity index (χ2n) is 20.1. The number of aliphatic hydroxyl groups excluding tert-OH is 2. The van der Waals surface area contributed by atoms with Crippen molar-refractivity contribution in [3.8, 4) is 11.5 Å². The third-order valence-corrected chi connectivity index (χ3v) is 15.5. The Hall–Kier alpha value is -6.27. The summed E-state index contributed by atoms with van der Waals surface area (Å²) < 4.78 is 21.0. The predicted octanol–water partition coefficient (Wildman–Crippen LogP) is 12.0. The highest BCUT2D eigenvalue weighted by molar-refractivity contribution is 6.03. The summed E-state index contributed by atoms with van der Waals surface area (Å²) >= 11 is 0. The van der Waals surface area contributed by atoms with E-state index in [1.807, 2.05) is 89.8 Å². The third kappa shape index (κ3) is 11.6. The minimum absolute atomic E-state index is 0.00433. The number of ether oxygens (including phenoxy) is 3. The van der Waals surface area contributed by atoms with E-state index in [1.54, 1.807) is 12.1 Å². The summed E-state index contributed by atoms with van der Waals surface area (Å²) in [6, 6.07) is 39.2. The largest absolute Gasteiger partial charge is 0.459 e. The fourth-order valence-corrected chi connectivity index (χ4v) is 12.1. The SMILES string of the molecule is C=CCO[C@@]12Oc3ccc(OC(=O)NCc4ccccc4)cc3[C@H]3[C@H](CCCCO)[C@@H](CCCCO)C=C(C(=NOCc4ccccc4)C[C@@H]1N(Cc1cccc4ccccc14)C(=O)CCC1CCCC1)[C@H]32. The van der Waals surface area contributed by atoms with E-state index in [0.29, 0.717) is 49.8 Å². The van der Waals surface area contributed by atoms with E-state index in [-0.39, 0.29) is 56.5 Å². The van der Waals surface area contributed by atoms with Crippen LogP contribution in [0, 0.1) is 23.7 Å². The highest BCUT2D eigenvalue weighted by atomic mass is 16.7. The second-order valence-corrected chi connectivity index (χ2v) is 20.1. The van der Waals surface area contributed by atoms with Crippen molar-refractivity contribution in [1.82, 2.24) is 10.2 Å². The lowest BCUT2D eigenvalue weighted by atomic mass is 9.55. The molecule has 1 aliphatic heterocycles. The monoisotopic (exact) mass is 974 g/mol. The average molecular weight is 974 g/mol. The molecular weight excluding hydrogens is 903 g/mol. The summed E-state index contributed by atoms with van der Waals surface area (Å²) in [5.74, 6) is -0.719.